The molecule has 0 saturated carbocycles. The predicted molar refractivity (Wildman–Crippen MR) is 51.9 cm³/mol. The summed E-state index contributed by atoms with van der Waals surface area (Å²) in [6, 6.07) is 0. The van der Waals surface area contributed by atoms with Gasteiger partial charge in [-0.2, -0.15) is 0 Å². The highest BCUT2D eigenvalue weighted by molar-refractivity contribution is 6.18. The van der Waals surface area contributed by atoms with Crippen molar-refractivity contribution in [3.63, 3.8) is 0 Å². The number of carbonyl (C=O) groups is 3. The number of aliphatic carboxylic acids is 1. The third-order valence-electron chi connectivity index (χ3n) is 2.57. The van der Waals surface area contributed by atoms with Crippen LogP contribution in [0.5, 0.6) is 0 Å². The van der Waals surface area contributed by atoms with E-state index in [1.807, 2.05) is 0 Å². The summed E-state index contributed by atoms with van der Waals surface area (Å²) >= 11 is 0. The molecule has 1 heterocycles. The molecule has 0 aromatic rings. The Balaban J connectivity index is 2.81. The summed E-state index contributed by atoms with van der Waals surface area (Å²) in [6.07, 6.45) is 0. The fourth-order valence-corrected chi connectivity index (χ4v) is 1.34. The van der Waals surface area contributed by atoms with Gasteiger partial charge in [-0.05, 0) is 13.8 Å². The largest absolute Gasteiger partial charge is 0.481 e. The molecule has 5 nitrogen and oxygen atoms in total. The SMILES string of the molecule is CC1=C(C)C(=O)N(CC(C)C(=O)O)C1=O. The van der Waals surface area contributed by atoms with Crippen LogP contribution in [-0.2, 0) is 14.4 Å². The van der Waals surface area contributed by atoms with E-state index in [-0.39, 0.29) is 18.4 Å². The summed E-state index contributed by atoms with van der Waals surface area (Å²) in [5.74, 6) is -2.52. The van der Waals surface area contributed by atoms with E-state index < -0.39 is 11.9 Å². The van der Waals surface area contributed by atoms with E-state index in [0.29, 0.717) is 11.1 Å². The molecule has 0 radical (unpaired) electrons. The van der Waals surface area contributed by atoms with Crippen LogP contribution in [0.4, 0.5) is 0 Å². The highest BCUT2D eigenvalue weighted by Gasteiger charge is 2.34. The number of amides is 2. The molecular formula is C10H13NO4. The Bertz CT molecular complexity index is 346. The predicted octanol–water partition coefficient (Wildman–Crippen LogP) is 0.412. The van der Waals surface area contributed by atoms with Crippen LogP contribution in [-0.4, -0.2) is 34.3 Å². The van der Waals surface area contributed by atoms with E-state index in [9.17, 15) is 14.4 Å². The molecule has 1 atom stereocenters. The summed E-state index contributed by atoms with van der Waals surface area (Å²) in [4.78, 5) is 34.7. The standard InChI is InChI=1S/C10H13NO4/c1-5(10(14)15)4-11-8(12)6(2)7(3)9(11)13/h5H,4H2,1-3H3,(H,14,15). The van der Waals surface area contributed by atoms with Gasteiger partial charge in [-0.25, -0.2) is 0 Å². The Labute approximate surface area is 87.4 Å². The number of carboxylic acids is 1. The second-order valence-electron chi connectivity index (χ2n) is 3.71. The molecule has 2 amide bonds. The number of carbonyl (C=O) groups excluding carboxylic acids is 2. The molecule has 0 saturated heterocycles. The minimum absolute atomic E-state index is 0.0678. The van der Waals surface area contributed by atoms with Gasteiger partial charge in [0.2, 0.25) is 0 Å². The first kappa shape index (κ1) is 11.4. The van der Waals surface area contributed by atoms with Gasteiger partial charge < -0.3 is 5.11 Å². The summed E-state index contributed by atoms with van der Waals surface area (Å²) in [5.41, 5.74) is 0.801. The topological polar surface area (TPSA) is 74.7 Å². The van der Waals surface area contributed by atoms with Crippen molar-refractivity contribution >= 4 is 17.8 Å². The molecule has 0 aliphatic carbocycles. The maximum atomic E-state index is 11.5. The first-order valence-electron chi connectivity index (χ1n) is 4.62. The van der Waals surface area contributed by atoms with Gasteiger partial charge in [0.15, 0.2) is 0 Å². The minimum atomic E-state index is -1.02. The zero-order chi connectivity index (χ0) is 11.7. The third kappa shape index (κ3) is 1.91. The van der Waals surface area contributed by atoms with Gasteiger partial charge in [0.05, 0.1) is 5.92 Å². The van der Waals surface area contributed by atoms with Gasteiger partial charge in [-0.15, -0.1) is 0 Å². The Morgan fingerprint density at radius 2 is 1.67 bits per heavy atom. The van der Waals surface area contributed by atoms with E-state index in [1.165, 1.54) is 6.92 Å². The summed E-state index contributed by atoms with van der Waals surface area (Å²) in [7, 11) is 0. The molecule has 0 spiro atoms. The molecule has 82 valence electrons. The van der Waals surface area contributed by atoms with Crippen LogP contribution in [0.2, 0.25) is 0 Å². The molecule has 5 heteroatoms. The van der Waals surface area contributed by atoms with E-state index in [4.69, 9.17) is 5.11 Å². The van der Waals surface area contributed by atoms with Gasteiger partial charge in [0.1, 0.15) is 0 Å². The molecular weight excluding hydrogens is 198 g/mol. The van der Waals surface area contributed by atoms with E-state index in [0.717, 1.165) is 4.90 Å². The average Bonchev–Trinajstić information content (AvgIpc) is 2.35. The lowest BCUT2D eigenvalue weighted by Crippen LogP contribution is -2.37. The van der Waals surface area contributed by atoms with Crippen LogP contribution in [0.3, 0.4) is 0 Å². The van der Waals surface area contributed by atoms with Crippen molar-refractivity contribution in [3.8, 4) is 0 Å². The molecule has 0 aromatic heterocycles. The first-order chi connectivity index (χ1) is 6.86. The lowest BCUT2D eigenvalue weighted by Gasteiger charge is -2.17. The smallest absolute Gasteiger partial charge is 0.308 e. The molecule has 0 fully saturated rings. The molecule has 1 rings (SSSR count). The number of hydrogen-bond donors (Lipinski definition) is 1. The van der Waals surface area contributed by atoms with Crippen molar-refractivity contribution in [1.82, 2.24) is 4.90 Å². The van der Waals surface area contributed by atoms with Crippen LogP contribution < -0.4 is 0 Å². The number of imide groups is 1. The monoisotopic (exact) mass is 211 g/mol. The Morgan fingerprint density at radius 1 is 1.27 bits per heavy atom. The van der Waals surface area contributed by atoms with Crippen molar-refractivity contribution in [1.29, 1.82) is 0 Å². The fraction of sp³-hybridized carbons (Fsp3) is 0.500. The molecule has 0 aromatic carbocycles. The third-order valence-corrected chi connectivity index (χ3v) is 2.57. The Hall–Kier alpha value is -1.65. The van der Waals surface area contributed by atoms with Crippen molar-refractivity contribution in [2.75, 3.05) is 6.54 Å². The van der Waals surface area contributed by atoms with Gasteiger partial charge >= 0.3 is 5.97 Å². The second-order valence-corrected chi connectivity index (χ2v) is 3.71. The van der Waals surface area contributed by atoms with Gasteiger partial charge in [0.25, 0.3) is 11.8 Å². The second kappa shape index (κ2) is 3.84. The molecule has 1 N–H and O–H groups in total. The fourth-order valence-electron chi connectivity index (χ4n) is 1.34. The van der Waals surface area contributed by atoms with Crippen LogP contribution in [0.15, 0.2) is 11.1 Å². The summed E-state index contributed by atoms with van der Waals surface area (Å²) in [6.45, 7) is 4.54. The van der Waals surface area contributed by atoms with E-state index >= 15 is 0 Å². The first-order valence-corrected chi connectivity index (χ1v) is 4.62. The number of rotatable bonds is 3. The van der Waals surface area contributed by atoms with Crippen LogP contribution >= 0.6 is 0 Å². The molecule has 15 heavy (non-hydrogen) atoms. The maximum absolute atomic E-state index is 11.5. The quantitative estimate of drug-likeness (QED) is 0.686. The number of carboxylic acid groups (broad SMARTS) is 1. The van der Waals surface area contributed by atoms with Crippen molar-refractivity contribution < 1.29 is 19.5 Å². The van der Waals surface area contributed by atoms with Crippen molar-refractivity contribution in [2.45, 2.75) is 20.8 Å². The van der Waals surface area contributed by atoms with Gasteiger partial charge in [0, 0.05) is 17.7 Å². The van der Waals surface area contributed by atoms with Crippen LogP contribution in [0.25, 0.3) is 0 Å². The average molecular weight is 211 g/mol. The van der Waals surface area contributed by atoms with E-state index in [1.54, 1.807) is 13.8 Å². The van der Waals surface area contributed by atoms with Gasteiger partial charge in [-0.1, -0.05) is 6.92 Å². The molecule has 1 aliphatic rings. The minimum Gasteiger partial charge on any atom is -0.481 e. The normalized spacial score (nSPS) is 18.7. The summed E-state index contributed by atoms with van der Waals surface area (Å²) in [5, 5.41) is 8.68. The lowest BCUT2D eigenvalue weighted by atomic mass is 10.2. The highest BCUT2D eigenvalue weighted by atomic mass is 16.4. The van der Waals surface area contributed by atoms with Gasteiger partial charge in [-0.3, -0.25) is 19.3 Å². The van der Waals surface area contributed by atoms with Crippen molar-refractivity contribution in [2.24, 2.45) is 5.92 Å². The Kier molecular flexibility index (Phi) is 2.93. The molecule has 1 unspecified atom stereocenters. The van der Waals surface area contributed by atoms with Crippen LogP contribution in [0, 0.1) is 5.92 Å². The lowest BCUT2D eigenvalue weighted by molar-refractivity contribution is -0.144. The summed E-state index contributed by atoms with van der Waals surface area (Å²) < 4.78 is 0. The zero-order valence-corrected chi connectivity index (χ0v) is 8.90. The van der Waals surface area contributed by atoms with Crippen LogP contribution in [0.1, 0.15) is 20.8 Å². The number of hydrogen-bond acceptors (Lipinski definition) is 3. The maximum Gasteiger partial charge on any atom is 0.308 e. The molecule has 1 aliphatic heterocycles. The highest BCUT2D eigenvalue weighted by Crippen LogP contribution is 2.20. The zero-order valence-electron chi connectivity index (χ0n) is 8.90. The van der Waals surface area contributed by atoms with Crippen molar-refractivity contribution in [3.05, 3.63) is 11.1 Å². The van der Waals surface area contributed by atoms with E-state index in [2.05, 4.69) is 0 Å². The Morgan fingerprint density at radius 3 is 2.00 bits per heavy atom. The molecule has 0 bridgehead atoms. The number of nitrogens with zero attached hydrogens (tertiary/aromatic N) is 1.